The third kappa shape index (κ3) is 2.67. The van der Waals surface area contributed by atoms with Gasteiger partial charge in [-0.25, -0.2) is 0 Å². The summed E-state index contributed by atoms with van der Waals surface area (Å²) in [5.41, 5.74) is 2.03. The Kier molecular flexibility index (Phi) is 4.69. The van der Waals surface area contributed by atoms with Gasteiger partial charge in [0.15, 0.2) is 0 Å². The predicted molar refractivity (Wildman–Crippen MR) is 115 cm³/mol. The molecule has 4 aliphatic rings. The van der Waals surface area contributed by atoms with Crippen LogP contribution in [-0.2, 0) is 9.59 Å². The fraction of sp³-hybridized carbons (Fsp3) is 0.846. The van der Waals surface area contributed by atoms with Crippen LogP contribution in [0.5, 0.6) is 0 Å². The van der Waals surface area contributed by atoms with Crippen molar-refractivity contribution in [2.24, 2.45) is 45.3 Å². The topological polar surface area (TPSA) is 54.4 Å². The summed E-state index contributed by atoms with van der Waals surface area (Å²) in [7, 11) is 0. The molecule has 1 N–H and O–H groups in total. The van der Waals surface area contributed by atoms with E-state index in [4.69, 9.17) is 0 Å². The van der Waals surface area contributed by atoms with Gasteiger partial charge in [0.25, 0.3) is 0 Å². The van der Waals surface area contributed by atoms with Gasteiger partial charge >= 0.3 is 5.97 Å². The number of carboxylic acid groups (broad SMARTS) is 1. The summed E-state index contributed by atoms with van der Waals surface area (Å²) in [5.74, 6) is 1.54. The molecule has 0 bridgehead atoms. The highest BCUT2D eigenvalue weighted by Crippen LogP contribution is 2.73. The lowest BCUT2D eigenvalue weighted by Gasteiger charge is -2.63. The Bertz CT molecular complexity index is 764. The van der Waals surface area contributed by atoms with Crippen molar-refractivity contribution >= 4 is 11.8 Å². The maximum absolute atomic E-state index is 12.7. The number of fused-ring (bicyclic) bond motifs is 5. The molecule has 3 heteroatoms. The summed E-state index contributed by atoms with van der Waals surface area (Å²) in [6, 6.07) is 0. The van der Waals surface area contributed by atoms with E-state index in [0.29, 0.717) is 23.5 Å². The number of Topliss-reactive ketones (excluding diaryl/α,β-unsaturated/α-hetero) is 1. The summed E-state index contributed by atoms with van der Waals surface area (Å²) in [6.07, 6.45) is 10.3. The molecule has 0 aliphatic heterocycles. The van der Waals surface area contributed by atoms with Crippen LogP contribution in [0, 0.1) is 45.3 Å². The largest absolute Gasteiger partial charge is 0.481 e. The van der Waals surface area contributed by atoms with Gasteiger partial charge in [0.1, 0.15) is 5.78 Å². The molecule has 0 spiro atoms. The van der Waals surface area contributed by atoms with Gasteiger partial charge in [-0.1, -0.05) is 53.2 Å². The molecular weight excluding hydrogens is 360 g/mol. The third-order valence-corrected chi connectivity index (χ3v) is 10.8. The van der Waals surface area contributed by atoms with Gasteiger partial charge in [0.2, 0.25) is 0 Å². The minimum absolute atomic E-state index is 0.174. The molecule has 3 fully saturated rings. The van der Waals surface area contributed by atoms with Gasteiger partial charge < -0.3 is 5.11 Å². The first kappa shape index (κ1) is 21.1. The van der Waals surface area contributed by atoms with Crippen molar-refractivity contribution in [3.63, 3.8) is 0 Å². The average Bonchev–Trinajstić information content (AvgIpc) is 2.90. The van der Waals surface area contributed by atoms with Crippen LogP contribution in [-0.4, -0.2) is 16.9 Å². The maximum atomic E-state index is 12.7. The van der Waals surface area contributed by atoms with Crippen LogP contribution in [0.15, 0.2) is 11.6 Å². The van der Waals surface area contributed by atoms with E-state index in [1.165, 1.54) is 19.3 Å². The normalized spacial score (nSPS) is 46.9. The maximum Gasteiger partial charge on any atom is 0.303 e. The van der Waals surface area contributed by atoms with E-state index in [2.05, 4.69) is 47.6 Å². The van der Waals surface area contributed by atoms with Crippen LogP contribution in [0.25, 0.3) is 0 Å². The van der Waals surface area contributed by atoms with Crippen molar-refractivity contribution in [2.45, 2.75) is 92.9 Å². The molecule has 0 saturated heterocycles. The predicted octanol–water partition coefficient (Wildman–Crippen LogP) is 6.27. The molecule has 0 aromatic rings. The van der Waals surface area contributed by atoms with Gasteiger partial charge in [-0.15, -0.1) is 0 Å². The third-order valence-electron chi connectivity index (χ3n) is 10.8. The van der Waals surface area contributed by atoms with Crippen LogP contribution >= 0.6 is 0 Å². The number of aliphatic carboxylic acids is 1. The summed E-state index contributed by atoms with van der Waals surface area (Å²) in [5, 5.41) is 9.37. The van der Waals surface area contributed by atoms with Crippen LogP contribution in [0.4, 0.5) is 0 Å². The molecule has 0 radical (unpaired) electrons. The summed E-state index contributed by atoms with van der Waals surface area (Å²) in [6.45, 7) is 14.0. The number of ketones is 1. The van der Waals surface area contributed by atoms with Crippen molar-refractivity contribution in [3.8, 4) is 0 Å². The number of carbonyl (C=O) groups is 2. The van der Waals surface area contributed by atoms with Gasteiger partial charge in [0.05, 0.1) is 0 Å². The van der Waals surface area contributed by atoms with Crippen LogP contribution in [0.2, 0.25) is 0 Å². The Balaban J connectivity index is 1.71. The lowest BCUT2D eigenvalue weighted by atomic mass is 9.41. The number of carboxylic acids is 1. The molecule has 0 unspecified atom stereocenters. The molecule has 162 valence electrons. The zero-order chi connectivity index (χ0) is 21.4. The first-order chi connectivity index (χ1) is 13.4. The minimum Gasteiger partial charge on any atom is -0.481 e. The molecule has 0 heterocycles. The number of rotatable bonds is 3. The zero-order valence-corrected chi connectivity index (χ0v) is 19.3. The van der Waals surface area contributed by atoms with Gasteiger partial charge in [-0.2, -0.15) is 0 Å². The standard InChI is InChI=1S/C26H40O3/c1-16(15-22(28)29)17-9-13-26(6)19-7-8-20-23(2,3)21(27)11-12-24(20,4)18(19)10-14-25(17,26)5/h7,16-18,20H,8-15H2,1-6H3,(H,28,29)/t16-,17-,18-,20+,24-,25-,26+/m1/s1. The lowest BCUT2D eigenvalue weighted by molar-refractivity contribution is -0.146. The molecule has 0 amide bonds. The Morgan fingerprint density at radius 2 is 1.83 bits per heavy atom. The highest BCUT2D eigenvalue weighted by Gasteiger charge is 2.65. The Morgan fingerprint density at radius 3 is 2.48 bits per heavy atom. The van der Waals surface area contributed by atoms with Gasteiger partial charge in [-0.05, 0) is 78.4 Å². The minimum atomic E-state index is -0.662. The van der Waals surface area contributed by atoms with Crippen LogP contribution in [0.3, 0.4) is 0 Å². The van der Waals surface area contributed by atoms with Crippen LogP contribution < -0.4 is 0 Å². The quantitative estimate of drug-likeness (QED) is 0.568. The smallest absolute Gasteiger partial charge is 0.303 e. The molecular formula is C26H40O3. The fourth-order valence-electron chi connectivity index (χ4n) is 8.88. The molecule has 3 nitrogen and oxygen atoms in total. The second-order valence-corrected chi connectivity index (χ2v) is 12.2. The van der Waals surface area contributed by atoms with Crippen LogP contribution in [0.1, 0.15) is 92.9 Å². The van der Waals surface area contributed by atoms with E-state index in [-0.39, 0.29) is 34.0 Å². The van der Waals surface area contributed by atoms with E-state index in [1.54, 1.807) is 5.57 Å². The van der Waals surface area contributed by atoms with E-state index in [1.807, 2.05) is 0 Å². The average molecular weight is 401 g/mol. The molecule has 4 rings (SSSR count). The Hall–Kier alpha value is -1.12. The van der Waals surface area contributed by atoms with Gasteiger partial charge in [0, 0.05) is 18.3 Å². The molecule has 0 aromatic carbocycles. The van der Waals surface area contributed by atoms with E-state index < -0.39 is 5.97 Å². The molecule has 0 aromatic heterocycles. The summed E-state index contributed by atoms with van der Waals surface area (Å²) < 4.78 is 0. The van der Waals surface area contributed by atoms with Crippen molar-refractivity contribution in [1.82, 2.24) is 0 Å². The zero-order valence-electron chi connectivity index (χ0n) is 19.3. The summed E-state index contributed by atoms with van der Waals surface area (Å²) >= 11 is 0. The highest BCUT2D eigenvalue weighted by molar-refractivity contribution is 5.85. The van der Waals surface area contributed by atoms with E-state index in [9.17, 15) is 14.7 Å². The van der Waals surface area contributed by atoms with Crippen molar-refractivity contribution in [3.05, 3.63) is 11.6 Å². The molecule has 3 saturated carbocycles. The highest BCUT2D eigenvalue weighted by atomic mass is 16.4. The van der Waals surface area contributed by atoms with Crippen molar-refractivity contribution in [1.29, 1.82) is 0 Å². The first-order valence-corrected chi connectivity index (χ1v) is 11.8. The monoisotopic (exact) mass is 400 g/mol. The molecule has 4 aliphatic carbocycles. The van der Waals surface area contributed by atoms with Gasteiger partial charge in [-0.3, -0.25) is 9.59 Å². The number of hydrogen-bond donors (Lipinski definition) is 1. The Labute approximate surface area is 176 Å². The number of carbonyl (C=O) groups excluding carboxylic acids is 1. The Morgan fingerprint density at radius 1 is 1.14 bits per heavy atom. The summed E-state index contributed by atoms with van der Waals surface area (Å²) in [4.78, 5) is 24.1. The van der Waals surface area contributed by atoms with E-state index in [0.717, 1.165) is 25.7 Å². The van der Waals surface area contributed by atoms with E-state index >= 15 is 0 Å². The SMILES string of the molecule is C[C@H](CC(=O)O)[C@H]1CC[C@@]2(C)C3=CC[C@H]4C(C)(C)C(=O)CC[C@]4(C)[C@@H]3CC[C@]12C. The number of hydrogen-bond acceptors (Lipinski definition) is 2. The second kappa shape index (κ2) is 6.44. The lowest BCUT2D eigenvalue weighted by Crippen LogP contribution is -2.57. The fourth-order valence-corrected chi connectivity index (χ4v) is 8.88. The molecule has 29 heavy (non-hydrogen) atoms. The van der Waals surface area contributed by atoms with Crippen molar-refractivity contribution in [2.75, 3.05) is 0 Å². The first-order valence-electron chi connectivity index (χ1n) is 11.8. The molecule has 7 atom stereocenters. The van der Waals surface area contributed by atoms with Crippen molar-refractivity contribution < 1.29 is 14.7 Å². The number of allylic oxidation sites excluding steroid dienone is 2. The second-order valence-electron chi connectivity index (χ2n) is 12.2.